The molecule has 1 aromatic carbocycles. The van der Waals surface area contributed by atoms with Crippen LogP contribution in [0.3, 0.4) is 0 Å². The van der Waals surface area contributed by atoms with Crippen LogP contribution in [-0.4, -0.2) is 35.3 Å². The molecule has 1 heterocycles. The second-order valence-corrected chi connectivity index (χ2v) is 6.33. The smallest absolute Gasteiger partial charge is 0.407 e. The van der Waals surface area contributed by atoms with Gasteiger partial charge in [0.2, 0.25) is 0 Å². The van der Waals surface area contributed by atoms with Crippen molar-refractivity contribution >= 4 is 22.9 Å². The number of alkyl carbamates (subject to hydrolysis) is 1. The zero-order valence-electron chi connectivity index (χ0n) is 14.0. The molecule has 1 aromatic heterocycles. The van der Waals surface area contributed by atoms with Crippen molar-refractivity contribution in [3.8, 4) is 0 Å². The number of nitrogens with zero attached hydrogens (tertiary/aromatic N) is 1. The molecule has 2 aromatic rings. The molecular formula is C17H23N3O3. The van der Waals surface area contributed by atoms with Gasteiger partial charge in [-0.15, -0.1) is 0 Å². The number of nitrogens with one attached hydrogen (secondary N) is 2. The summed E-state index contributed by atoms with van der Waals surface area (Å²) in [5.41, 5.74) is 1.06. The Morgan fingerprint density at radius 3 is 2.43 bits per heavy atom. The highest BCUT2D eigenvalue weighted by molar-refractivity contribution is 5.98. The van der Waals surface area contributed by atoms with Gasteiger partial charge in [0.05, 0.1) is 0 Å². The van der Waals surface area contributed by atoms with E-state index in [0.717, 1.165) is 10.9 Å². The number of rotatable bonds is 4. The molecule has 0 aliphatic heterocycles. The zero-order valence-corrected chi connectivity index (χ0v) is 14.0. The summed E-state index contributed by atoms with van der Waals surface area (Å²) in [7, 11) is 1.86. The van der Waals surface area contributed by atoms with Crippen molar-refractivity contribution in [2.24, 2.45) is 7.05 Å². The molecule has 0 spiro atoms. The van der Waals surface area contributed by atoms with E-state index >= 15 is 0 Å². The molecule has 0 unspecified atom stereocenters. The summed E-state index contributed by atoms with van der Waals surface area (Å²) < 4.78 is 6.97. The average Bonchev–Trinajstić information content (AvgIpc) is 2.79. The highest BCUT2D eigenvalue weighted by Crippen LogP contribution is 2.17. The number of carbonyl (C=O) groups is 2. The molecule has 0 fully saturated rings. The Kier molecular flexibility index (Phi) is 4.93. The molecule has 0 radical (unpaired) electrons. The number of para-hydroxylation sites is 1. The second-order valence-electron chi connectivity index (χ2n) is 6.33. The number of benzene rings is 1. The predicted octanol–water partition coefficient (Wildman–Crippen LogP) is 2.43. The Bertz CT molecular complexity index is 713. The highest BCUT2D eigenvalue weighted by Gasteiger charge is 2.16. The Hall–Kier alpha value is -2.50. The second kappa shape index (κ2) is 6.73. The fraction of sp³-hybridized carbons (Fsp3) is 0.412. The normalized spacial score (nSPS) is 11.3. The third-order valence-electron chi connectivity index (χ3n) is 3.26. The molecule has 0 saturated heterocycles. The van der Waals surface area contributed by atoms with E-state index in [0.29, 0.717) is 18.8 Å². The molecule has 2 amide bonds. The molecule has 0 saturated carbocycles. The first-order valence-corrected chi connectivity index (χ1v) is 7.57. The largest absolute Gasteiger partial charge is 0.444 e. The fourth-order valence-electron chi connectivity index (χ4n) is 2.25. The van der Waals surface area contributed by atoms with E-state index in [1.165, 1.54) is 0 Å². The van der Waals surface area contributed by atoms with Crippen LogP contribution in [0.1, 0.15) is 31.3 Å². The van der Waals surface area contributed by atoms with Gasteiger partial charge in [0, 0.05) is 31.0 Å². The van der Waals surface area contributed by atoms with Crippen LogP contribution in [0, 0.1) is 0 Å². The minimum atomic E-state index is -0.531. The summed E-state index contributed by atoms with van der Waals surface area (Å²) in [5, 5.41) is 6.41. The standard InChI is InChI=1S/C17H23N3O3/c1-17(2,3)23-16(22)19-10-9-18-15(21)14-11-12-7-5-6-8-13(12)20(14)4/h5-8,11H,9-10H2,1-4H3,(H,18,21)(H,19,22). The molecule has 124 valence electrons. The Morgan fingerprint density at radius 1 is 1.13 bits per heavy atom. The van der Waals surface area contributed by atoms with Gasteiger partial charge < -0.3 is 19.9 Å². The quantitative estimate of drug-likeness (QED) is 0.851. The SMILES string of the molecule is Cn1c(C(=O)NCCNC(=O)OC(C)(C)C)cc2ccccc21. The maximum absolute atomic E-state index is 12.2. The van der Waals surface area contributed by atoms with Gasteiger partial charge in [0.15, 0.2) is 0 Å². The molecule has 6 nitrogen and oxygen atoms in total. The molecule has 0 aliphatic carbocycles. The number of fused-ring (bicyclic) bond motifs is 1. The molecule has 2 N–H and O–H groups in total. The van der Waals surface area contributed by atoms with Crippen molar-refractivity contribution in [3.05, 3.63) is 36.0 Å². The maximum Gasteiger partial charge on any atom is 0.407 e. The van der Waals surface area contributed by atoms with Gasteiger partial charge >= 0.3 is 6.09 Å². The number of amides is 2. The lowest BCUT2D eigenvalue weighted by Crippen LogP contribution is -2.38. The van der Waals surface area contributed by atoms with Crippen LogP contribution in [0.4, 0.5) is 4.79 Å². The first-order valence-electron chi connectivity index (χ1n) is 7.57. The third-order valence-corrected chi connectivity index (χ3v) is 3.26. The van der Waals surface area contributed by atoms with Crippen LogP contribution in [-0.2, 0) is 11.8 Å². The van der Waals surface area contributed by atoms with Crippen molar-refractivity contribution in [2.45, 2.75) is 26.4 Å². The number of hydrogen-bond donors (Lipinski definition) is 2. The Morgan fingerprint density at radius 2 is 1.78 bits per heavy atom. The van der Waals surface area contributed by atoms with Crippen LogP contribution < -0.4 is 10.6 Å². The number of aromatic nitrogens is 1. The van der Waals surface area contributed by atoms with Crippen molar-refractivity contribution in [3.63, 3.8) is 0 Å². The maximum atomic E-state index is 12.2. The number of carbonyl (C=O) groups excluding carboxylic acids is 2. The van der Waals surface area contributed by atoms with Gasteiger partial charge in [0.25, 0.3) is 5.91 Å². The van der Waals surface area contributed by atoms with Crippen molar-refractivity contribution in [2.75, 3.05) is 13.1 Å². The minimum Gasteiger partial charge on any atom is -0.444 e. The van der Waals surface area contributed by atoms with Gasteiger partial charge in [-0.05, 0) is 32.9 Å². The first-order chi connectivity index (χ1) is 10.8. The monoisotopic (exact) mass is 317 g/mol. The topological polar surface area (TPSA) is 72.4 Å². The summed E-state index contributed by atoms with van der Waals surface area (Å²) >= 11 is 0. The summed E-state index contributed by atoms with van der Waals surface area (Å²) in [4.78, 5) is 23.7. The summed E-state index contributed by atoms with van der Waals surface area (Å²) in [6.45, 7) is 6.04. The van der Waals surface area contributed by atoms with E-state index in [4.69, 9.17) is 4.74 Å². The Balaban J connectivity index is 1.85. The zero-order chi connectivity index (χ0) is 17.0. The van der Waals surface area contributed by atoms with E-state index in [1.807, 2.05) is 41.9 Å². The van der Waals surface area contributed by atoms with Gasteiger partial charge in [-0.3, -0.25) is 4.79 Å². The van der Waals surface area contributed by atoms with Crippen LogP contribution in [0.25, 0.3) is 10.9 Å². The molecule has 0 atom stereocenters. The predicted molar refractivity (Wildman–Crippen MR) is 89.5 cm³/mol. The molecule has 0 aliphatic rings. The van der Waals surface area contributed by atoms with E-state index < -0.39 is 11.7 Å². The number of hydrogen-bond acceptors (Lipinski definition) is 3. The summed E-state index contributed by atoms with van der Waals surface area (Å²) in [6.07, 6.45) is -0.489. The van der Waals surface area contributed by atoms with Crippen molar-refractivity contribution in [1.29, 1.82) is 0 Å². The number of ether oxygens (including phenoxy) is 1. The third kappa shape index (κ3) is 4.48. The van der Waals surface area contributed by atoms with Crippen LogP contribution >= 0.6 is 0 Å². The average molecular weight is 317 g/mol. The Labute approximate surface area is 135 Å². The van der Waals surface area contributed by atoms with E-state index in [9.17, 15) is 9.59 Å². The summed E-state index contributed by atoms with van der Waals surface area (Å²) in [6, 6.07) is 9.67. The van der Waals surface area contributed by atoms with Crippen molar-refractivity contribution in [1.82, 2.24) is 15.2 Å². The minimum absolute atomic E-state index is 0.172. The van der Waals surface area contributed by atoms with Crippen LogP contribution in [0.2, 0.25) is 0 Å². The molecule has 2 rings (SSSR count). The first kappa shape index (κ1) is 16.9. The molecule has 23 heavy (non-hydrogen) atoms. The molecule has 0 bridgehead atoms. The van der Waals surface area contributed by atoms with Gasteiger partial charge in [-0.1, -0.05) is 18.2 Å². The van der Waals surface area contributed by atoms with E-state index in [1.54, 1.807) is 20.8 Å². The number of aryl methyl sites for hydroxylation is 1. The van der Waals surface area contributed by atoms with E-state index in [2.05, 4.69) is 10.6 Å². The summed E-state index contributed by atoms with van der Waals surface area (Å²) in [5.74, 6) is -0.172. The molecule has 6 heteroatoms. The van der Waals surface area contributed by atoms with Gasteiger partial charge in [-0.2, -0.15) is 0 Å². The lowest BCUT2D eigenvalue weighted by atomic mass is 10.2. The van der Waals surface area contributed by atoms with E-state index in [-0.39, 0.29) is 5.91 Å². The highest BCUT2D eigenvalue weighted by atomic mass is 16.6. The van der Waals surface area contributed by atoms with Gasteiger partial charge in [0.1, 0.15) is 11.3 Å². The van der Waals surface area contributed by atoms with Crippen LogP contribution in [0.5, 0.6) is 0 Å². The fourth-order valence-corrected chi connectivity index (χ4v) is 2.25. The molecular weight excluding hydrogens is 294 g/mol. The van der Waals surface area contributed by atoms with Crippen LogP contribution in [0.15, 0.2) is 30.3 Å². The lowest BCUT2D eigenvalue weighted by Gasteiger charge is -2.19. The van der Waals surface area contributed by atoms with Crippen molar-refractivity contribution < 1.29 is 14.3 Å². The lowest BCUT2D eigenvalue weighted by molar-refractivity contribution is 0.0526. The van der Waals surface area contributed by atoms with Gasteiger partial charge in [-0.25, -0.2) is 4.79 Å².